The SMILES string of the molecule is CCc1ccc(-c2cc3c(=O)[nH]nc(SCC(=O)Nc4nccs4)n3n2)cc1. The number of aryl methyl sites for hydroxylation is 1. The Morgan fingerprint density at radius 1 is 1.32 bits per heavy atom. The van der Waals surface area contributed by atoms with Crippen molar-refractivity contribution in [2.24, 2.45) is 0 Å². The maximum Gasteiger partial charge on any atom is 0.290 e. The molecule has 1 aromatic carbocycles. The van der Waals surface area contributed by atoms with Crippen LogP contribution in [0.15, 0.2) is 51.9 Å². The van der Waals surface area contributed by atoms with Crippen LogP contribution in [0.5, 0.6) is 0 Å². The molecule has 4 aromatic rings. The zero-order valence-corrected chi connectivity index (χ0v) is 16.5. The van der Waals surface area contributed by atoms with Crippen LogP contribution in [-0.4, -0.2) is 36.5 Å². The number of carbonyl (C=O) groups excluding carboxylic acids is 1. The van der Waals surface area contributed by atoms with Gasteiger partial charge in [0, 0.05) is 17.1 Å². The number of nitrogens with one attached hydrogen (secondary N) is 2. The van der Waals surface area contributed by atoms with Crippen LogP contribution in [0.25, 0.3) is 16.8 Å². The highest BCUT2D eigenvalue weighted by Crippen LogP contribution is 2.22. The molecule has 3 aromatic heterocycles. The van der Waals surface area contributed by atoms with E-state index in [-0.39, 0.29) is 17.2 Å². The van der Waals surface area contributed by atoms with Crippen LogP contribution in [0.4, 0.5) is 5.13 Å². The number of carbonyl (C=O) groups is 1. The lowest BCUT2D eigenvalue weighted by molar-refractivity contribution is -0.113. The van der Waals surface area contributed by atoms with Gasteiger partial charge in [0.2, 0.25) is 11.1 Å². The molecule has 8 nitrogen and oxygen atoms in total. The molecule has 0 aliphatic carbocycles. The van der Waals surface area contributed by atoms with E-state index in [1.165, 1.54) is 33.2 Å². The number of amides is 1. The van der Waals surface area contributed by atoms with E-state index in [1.807, 2.05) is 24.3 Å². The first-order chi connectivity index (χ1) is 13.6. The number of nitrogens with zero attached hydrogens (tertiary/aromatic N) is 4. The molecular formula is C18H16N6O2S2. The normalized spacial score (nSPS) is 11.0. The molecule has 0 saturated heterocycles. The Kier molecular flexibility index (Phi) is 5.22. The van der Waals surface area contributed by atoms with E-state index >= 15 is 0 Å². The topological polar surface area (TPSA) is 105 Å². The van der Waals surface area contributed by atoms with Gasteiger partial charge < -0.3 is 5.32 Å². The van der Waals surface area contributed by atoms with Gasteiger partial charge in [-0.15, -0.1) is 16.4 Å². The van der Waals surface area contributed by atoms with E-state index in [2.05, 4.69) is 32.5 Å². The Labute approximate surface area is 168 Å². The standard InChI is InChI=1S/C18H16N6O2S2/c1-2-11-3-5-12(6-4-11)13-9-14-16(26)21-22-18(24(14)23-13)28-10-15(25)20-17-19-7-8-27-17/h3-9H,2,10H2,1H3,(H,21,26)(H,19,20,25). The third-order valence-electron chi connectivity index (χ3n) is 4.05. The molecule has 0 spiro atoms. The predicted octanol–water partition coefficient (Wildman–Crippen LogP) is 2.83. The van der Waals surface area contributed by atoms with Crippen molar-refractivity contribution in [1.82, 2.24) is 24.8 Å². The fraction of sp³-hybridized carbons (Fsp3) is 0.167. The van der Waals surface area contributed by atoms with Crippen LogP contribution >= 0.6 is 23.1 Å². The average molecular weight is 413 g/mol. The second-order valence-corrected chi connectivity index (χ2v) is 7.72. The van der Waals surface area contributed by atoms with Crippen molar-refractivity contribution in [3.05, 3.63) is 57.8 Å². The molecule has 0 saturated carbocycles. The second-order valence-electron chi connectivity index (χ2n) is 5.89. The molecule has 0 fully saturated rings. The van der Waals surface area contributed by atoms with Crippen molar-refractivity contribution in [2.75, 3.05) is 11.1 Å². The first-order valence-corrected chi connectivity index (χ1v) is 10.4. The van der Waals surface area contributed by atoms with Crippen LogP contribution in [0.1, 0.15) is 12.5 Å². The van der Waals surface area contributed by atoms with Gasteiger partial charge in [0.05, 0.1) is 11.4 Å². The molecule has 1 amide bonds. The number of thioether (sulfide) groups is 1. The number of hydrogen-bond donors (Lipinski definition) is 2. The fourth-order valence-electron chi connectivity index (χ4n) is 2.61. The number of hydrogen-bond acceptors (Lipinski definition) is 7. The summed E-state index contributed by atoms with van der Waals surface area (Å²) >= 11 is 2.54. The Bertz CT molecular complexity index is 1170. The summed E-state index contributed by atoms with van der Waals surface area (Å²) in [6.45, 7) is 2.10. The fourth-order valence-corrected chi connectivity index (χ4v) is 3.86. The summed E-state index contributed by atoms with van der Waals surface area (Å²) < 4.78 is 1.48. The number of fused-ring (bicyclic) bond motifs is 1. The lowest BCUT2D eigenvalue weighted by atomic mass is 10.1. The maximum atomic E-state index is 12.2. The maximum absolute atomic E-state index is 12.2. The van der Waals surface area contributed by atoms with E-state index in [1.54, 1.807) is 17.6 Å². The number of benzene rings is 1. The van der Waals surface area contributed by atoms with E-state index in [9.17, 15) is 9.59 Å². The number of rotatable bonds is 6. The number of anilines is 1. The van der Waals surface area contributed by atoms with E-state index in [0.29, 0.717) is 21.5 Å². The Hall–Kier alpha value is -2.98. The molecule has 0 atom stereocenters. The van der Waals surface area contributed by atoms with E-state index < -0.39 is 0 Å². The summed E-state index contributed by atoms with van der Waals surface area (Å²) in [6.07, 6.45) is 2.58. The molecule has 28 heavy (non-hydrogen) atoms. The lowest BCUT2D eigenvalue weighted by Gasteiger charge is -2.03. The highest BCUT2D eigenvalue weighted by atomic mass is 32.2. The molecule has 0 unspecified atom stereocenters. The Morgan fingerprint density at radius 2 is 2.14 bits per heavy atom. The van der Waals surface area contributed by atoms with Crippen molar-refractivity contribution in [3.63, 3.8) is 0 Å². The smallest absolute Gasteiger partial charge is 0.290 e. The summed E-state index contributed by atoms with van der Waals surface area (Å²) in [4.78, 5) is 28.2. The van der Waals surface area contributed by atoms with Crippen molar-refractivity contribution in [1.29, 1.82) is 0 Å². The van der Waals surface area contributed by atoms with E-state index in [0.717, 1.165) is 12.0 Å². The molecule has 0 aliphatic rings. The van der Waals surface area contributed by atoms with Gasteiger partial charge in [-0.2, -0.15) is 5.10 Å². The van der Waals surface area contributed by atoms with Gasteiger partial charge in [-0.05, 0) is 18.1 Å². The van der Waals surface area contributed by atoms with Gasteiger partial charge in [0.1, 0.15) is 5.52 Å². The van der Waals surface area contributed by atoms with E-state index in [4.69, 9.17) is 0 Å². The van der Waals surface area contributed by atoms with Gasteiger partial charge in [0.15, 0.2) is 5.13 Å². The van der Waals surface area contributed by atoms with Gasteiger partial charge >= 0.3 is 0 Å². The van der Waals surface area contributed by atoms with Crippen LogP contribution in [0, 0.1) is 0 Å². The van der Waals surface area contributed by atoms with Gasteiger partial charge in [-0.25, -0.2) is 14.6 Å². The molecule has 4 rings (SSSR count). The monoisotopic (exact) mass is 412 g/mol. The summed E-state index contributed by atoms with van der Waals surface area (Å²) in [6, 6.07) is 9.77. The minimum Gasteiger partial charge on any atom is -0.301 e. The van der Waals surface area contributed by atoms with Gasteiger partial charge in [-0.1, -0.05) is 43.0 Å². The highest BCUT2D eigenvalue weighted by Gasteiger charge is 2.14. The minimum atomic E-state index is -0.333. The van der Waals surface area contributed by atoms with Crippen molar-refractivity contribution in [3.8, 4) is 11.3 Å². The van der Waals surface area contributed by atoms with Gasteiger partial charge in [-0.3, -0.25) is 9.59 Å². The molecule has 142 valence electrons. The number of aromatic nitrogens is 5. The quantitative estimate of drug-likeness (QED) is 0.472. The Balaban J connectivity index is 1.58. The van der Waals surface area contributed by atoms with Crippen molar-refractivity contribution in [2.45, 2.75) is 18.5 Å². The minimum absolute atomic E-state index is 0.119. The zero-order chi connectivity index (χ0) is 19.5. The van der Waals surface area contributed by atoms with Gasteiger partial charge in [0.25, 0.3) is 5.56 Å². The summed E-state index contributed by atoms with van der Waals surface area (Å²) in [5.74, 6) is -0.0858. The highest BCUT2D eigenvalue weighted by molar-refractivity contribution is 7.99. The van der Waals surface area contributed by atoms with Crippen molar-refractivity contribution < 1.29 is 4.79 Å². The first kappa shape index (κ1) is 18.4. The molecular weight excluding hydrogens is 396 g/mol. The molecule has 2 N–H and O–H groups in total. The predicted molar refractivity (Wildman–Crippen MR) is 110 cm³/mol. The third-order valence-corrected chi connectivity index (χ3v) is 5.66. The molecule has 3 heterocycles. The van der Waals surface area contributed by atoms with Crippen LogP contribution in [0.2, 0.25) is 0 Å². The lowest BCUT2D eigenvalue weighted by Crippen LogP contribution is -2.17. The average Bonchev–Trinajstić information content (AvgIpc) is 3.38. The van der Waals surface area contributed by atoms with Crippen LogP contribution in [0.3, 0.4) is 0 Å². The zero-order valence-electron chi connectivity index (χ0n) is 14.9. The molecule has 0 radical (unpaired) electrons. The number of H-pyrrole nitrogens is 1. The summed E-state index contributed by atoms with van der Waals surface area (Å²) in [5.41, 5.74) is 2.87. The summed E-state index contributed by atoms with van der Waals surface area (Å²) in [7, 11) is 0. The summed E-state index contributed by atoms with van der Waals surface area (Å²) in [5, 5.41) is 16.5. The largest absolute Gasteiger partial charge is 0.301 e. The molecule has 0 bridgehead atoms. The van der Waals surface area contributed by atoms with Crippen LogP contribution < -0.4 is 10.9 Å². The Morgan fingerprint density at radius 3 is 2.86 bits per heavy atom. The number of aromatic amines is 1. The van der Waals surface area contributed by atoms with Crippen LogP contribution in [-0.2, 0) is 11.2 Å². The third kappa shape index (κ3) is 3.82. The van der Waals surface area contributed by atoms with Crippen molar-refractivity contribution >= 4 is 39.7 Å². The molecule has 10 heteroatoms. The molecule has 0 aliphatic heterocycles. The first-order valence-electron chi connectivity index (χ1n) is 8.54. The second kappa shape index (κ2) is 7.95. The number of thiazole rings is 1.